The second-order valence-electron chi connectivity index (χ2n) is 6.67. The molecule has 0 spiro atoms. The molecule has 0 atom stereocenters. The molecule has 0 saturated heterocycles. The van der Waals surface area contributed by atoms with Crippen LogP contribution in [-0.4, -0.2) is 35.8 Å². The summed E-state index contributed by atoms with van der Waals surface area (Å²) < 4.78 is 3.41. The molecule has 3 aromatic heterocycles. The van der Waals surface area contributed by atoms with Gasteiger partial charge in [-0.05, 0) is 25.5 Å². The van der Waals surface area contributed by atoms with Crippen LogP contribution in [0.2, 0.25) is 0 Å². The largest absolute Gasteiger partial charge is 0.337 e. The minimum atomic E-state index is -0.259. The predicted octanol–water partition coefficient (Wildman–Crippen LogP) is 3.01. The smallest absolute Gasteiger partial charge is 0.256 e. The normalized spacial score (nSPS) is 11.2. The number of aromatic nitrogens is 5. The van der Waals surface area contributed by atoms with E-state index < -0.39 is 0 Å². The van der Waals surface area contributed by atoms with Gasteiger partial charge in [-0.15, -0.1) is 10.2 Å². The first-order valence-corrected chi connectivity index (χ1v) is 9.16. The first-order chi connectivity index (χ1) is 13.6. The molecule has 0 unspecified atom stereocenters. The molecule has 0 bridgehead atoms. The van der Waals surface area contributed by atoms with E-state index in [0.29, 0.717) is 23.7 Å². The number of hydrogen-bond acceptors (Lipinski definition) is 5. The summed E-state index contributed by atoms with van der Waals surface area (Å²) in [6.07, 6.45) is 4.79. The number of Topliss-reactive ketones (excluding diaryl/α,β-unsaturated/α-hetero) is 1. The van der Waals surface area contributed by atoms with Gasteiger partial charge in [-0.3, -0.25) is 19.3 Å². The van der Waals surface area contributed by atoms with Crippen LogP contribution in [-0.2, 0) is 11.3 Å². The molecule has 0 aliphatic rings. The van der Waals surface area contributed by atoms with Gasteiger partial charge in [0.2, 0.25) is 11.9 Å². The fraction of sp³-hybridized carbons (Fsp3) is 0.250. The van der Waals surface area contributed by atoms with Crippen molar-refractivity contribution in [3.8, 4) is 0 Å². The molecule has 8 heteroatoms. The van der Waals surface area contributed by atoms with Crippen LogP contribution in [0.25, 0.3) is 16.7 Å². The summed E-state index contributed by atoms with van der Waals surface area (Å²) in [6, 6.07) is 9.42. The zero-order chi connectivity index (χ0) is 19.7. The minimum absolute atomic E-state index is 0.0636. The maximum absolute atomic E-state index is 12.6. The molecule has 8 nitrogen and oxygen atoms in total. The highest BCUT2D eigenvalue weighted by molar-refractivity contribution is 6.08. The lowest BCUT2D eigenvalue weighted by atomic mass is 10.1. The Morgan fingerprint density at radius 1 is 1.14 bits per heavy atom. The SMILES string of the molecule is CCCC(=O)c1cn(CC(=O)Nc2nnc3nc(C)ccn23)c2ccccc12. The molecule has 4 aromatic rings. The lowest BCUT2D eigenvalue weighted by molar-refractivity contribution is -0.116. The molecule has 1 amide bonds. The lowest BCUT2D eigenvalue weighted by Gasteiger charge is -2.06. The van der Waals surface area contributed by atoms with E-state index in [-0.39, 0.29) is 18.2 Å². The number of amides is 1. The molecule has 0 aliphatic heterocycles. The molecule has 0 aliphatic carbocycles. The number of hydrogen-bond donors (Lipinski definition) is 1. The lowest BCUT2D eigenvalue weighted by Crippen LogP contribution is -2.19. The maximum atomic E-state index is 12.6. The maximum Gasteiger partial charge on any atom is 0.256 e. The highest BCUT2D eigenvalue weighted by atomic mass is 16.2. The van der Waals surface area contributed by atoms with E-state index in [4.69, 9.17) is 0 Å². The molecule has 0 saturated carbocycles. The third kappa shape index (κ3) is 3.24. The van der Waals surface area contributed by atoms with E-state index in [0.717, 1.165) is 23.0 Å². The molecule has 0 radical (unpaired) electrons. The van der Waals surface area contributed by atoms with E-state index in [2.05, 4.69) is 20.5 Å². The number of carbonyl (C=O) groups is 2. The number of anilines is 1. The Bertz CT molecular complexity index is 1190. The Morgan fingerprint density at radius 2 is 1.96 bits per heavy atom. The third-order valence-corrected chi connectivity index (χ3v) is 4.55. The highest BCUT2D eigenvalue weighted by Crippen LogP contribution is 2.23. The van der Waals surface area contributed by atoms with Crippen molar-refractivity contribution in [1.82, 2.24) is 24.1 Å². The van der Waals surface area contributed by atoms with Crippen molar-refractivity contribution in [2.45, 2.75) is 33.2 Å². The molecule has 0 fully saturated rings. The number of para-hydroxylation sites is 1. The van der Waals surface area contributed by atoms with Crippen molar-refractivity contribution in [2.24, 2.45) is 0 Å². The quantitative estimate of drug-likeness (QED) is 0.522. The van der Waals surface area contributed by atoms with Gasteiger partial charge in [0.15, 0.2) is 5.78 Å². The van der Waals surface area contributed by atoms with Crippen LogP contribution in [0, 0.1) is 6.92 Å². The summed E-state index contributed by atoms with van der Waals surface area (Å²) in [5.41, 5.74) is 2.32. The zero-order valence-corrected chi connectivity index (χ0v) is 15.7. The van der Waals surface area contributed by atoms with Crippen LogP contribution in [0.4, 0.5) is 5.95 Å². The molecule has 28 heavy (non-hydrogen) atoms. The van der Waals surface area contributed by atoms with Crippen molar-refractivity contribution < 1.29 is 9.59 Å². The van der Waals surface area contributed by atoms with Gasteiger partial charge in [0.1, 0.15) is 6.54 Å². The van der Waals surface area contributed by atoms with Crippen molar-refractivity contribution in [1.29, 1.82) is 0 Å². The van der Waals surface area contributed by atoms with Gasteiger partial charge in [0, 0.05) is 41.0 Å². The van der Waals surface area contributed by atoms with Gasteiger partial charge in [0.05, 0.1) is 0 Å². The molecule has 1 aromatic carbocycles. The summed E-state index contributed by atoms with van der Waals surface area (Å²) in [6.45, 7) is 3.90. The van der Waals surface area contributed by atoms with Gasteiger partial charge in [-0.2, -0.15) is 0 Å². The third-order valence-electron chi connectivity index (χ3n) is 4.55. The molecule has 3 heterocycles. The Labute approximate surface area is 161 Å². The number of nitrogens with one attached hydrogen (secondary N) is 1. The van der Waals surface area contributed by atoms with Crippen LogP contribution in [0.3, 0.4) is 0 Å². The van der Waals surface area contributed by atoms with Gasteiger partial charge in [-0.1, -0.05) is 25.1 Å². The van der Waals surface area contributed by atoms with Crippen LogP contribution in [0.5, 0.6) is 0 Å². The Hall–Kier alpha value is -3.55. The van der Waals surface area contributed by atoms with Crippen LogP contribution in [0.15, 0.2) is 42.7 Å². The summed E-state index contributed by atoms with van der Waals surface area (Å²) in [7, 11) is 0. The molecular formula is C20H20N6O2. The van der Waals surface area contributed by atoms with Crippen molar-refractivity contribution in [3.05, 3.63) is 54.0 Å². The summed E-state index contributed by atoms with van der Waals surface area (Å²) in [5.74, 6) is 0.563. The standard InChI is InChI=1S/C20H20N6O2/c1-3-6-17(27)15-11-25(16-8-5-4-7-14(15)16)12-18(28)22-20-24-23-19-21-13(2)9-10-26(19)20/h4-5,7-11H,3,6,12H2,1-2H3,(H,22,24,28). The van der Waals surface area contributed by atoms with E-state index in [1.165, 1.54) is 0 Å². The van der Waals surface area contributed by atoms with Crippen molar-refractivity contribution >= 4 is 34.3 Å². The number of carbonyl (C=O) groups excluding carboxylic acids is 2. The topological polar surface area (TPSA) is 94.2 Å². The molecule has 4 rings (SSSR count). The second-order valence-corrected chi connectivity index (χ2v) is 6.67. The number of ketones is 1. The number of aryl methyl sites for hydroxylation is 1. The molecular weight excluding hydrogens is 356 g/mol. The average Bonchev–Trinajstić information content (AvgIpc) is 3.23. The summed E-state index contributed by atoms with van der Waals surface area (Å²) in [5, 5.41) is 11.6. The highest BCUT2D eigenvalue weighted by Gasteiger charge is 2.17. The van der Waals surface area contributed by atoms with Crippen molar-refractivity contribution in [3.63, 3.8) is 0 Å². The monoisotopic (exact) mass is 376 g/mol. The van der Waals surface area contributed by atoms with Gasteiger partial charge >= 0.3 is 0 Å². The van der Waals surface area contributed by atoms with E-state index >= 15 is 0 Å². The minimum Gasteiger partial charge on any atom is -0.337 e. The van der Waals surface area contributed by atoms with Crippen molar-refractivity contribution in [2.75, 3.05) is 5.32 Å². The first kappa shape index (κ1) is 17.8. The van der Waals surface area contributed by atoms with Gasteiger partial charge in [-0.25, -0.2) is 4.98 Å². The number of benzene rings is 1. The Morgan fingerprint density at radius 3 is 2.79 bits per heavy atom. The van der Waals surface area contributed by atoms with E-state index in [1.54, 1.807) is 21.4 Å². The fourth-order valence-electron chi connectivity index (χ4n) is 3.24. The molecule has 142 valence electrons. The van der Waals surface area contributed by atoms with Gasteiger partial charge in [0.25, 0.3) is 5.78 Å². The predicted molar refractivity (Wildman–Crippen MR) is 105 cm³/mol. The van der Waals surface area contributed by atoms with Crippen LogP contribution < -0.4 is 5.32 Å². The van der Waals surface area contributed by atoms with E-state index in [9.17, 15) is 9.59 Å². The number of nitrogens with zero attached hydrogens (tertiary/aromatic N) is 5. The second kappa shape index (κ2) is 7.22. The molecule has 1 N–H and O–H groups in total. The fourth-order valence-corrected chi connectivity index (χ4v) is 3.24. The number of rotatable bonds is 6. The van der Waals surface area contributed by atoms with E-state index in [1.807, 2.05) is 44.2 Å². The zero-order valence-electron chi connectivity index (χ0n) is 15.7. The van der Waals surface area contributed by atoms with Gasteiger partial charge < -0.3 is 4.57 Å². The average molecular weight is 376 g/mol. The summed E-state index contributed by atoms with van der Waals surface area (Å²) in [4.78, 5) is 29.3. The van der Waals surface area contributed by atoms with Crippen LogP contribution in [0.1, 0.15) is 35.8 Å². The Balaban J connectivity index is 1.60. The first-order valence-electron chi connectivity index (χ1n) is 9.16. The Kier molecular flexibility index (Phi) is 4.60. The van der Waals surface area contributed by atoms with Crippen LogP contribution >= 0.6 is 0 Å². The summed E-state index contributed by atoms with van der Waals surface area (Å²) >= 11 is 0. The number of fused-ring (bicyclic) bond motifs is 2.